The van der Waals surface area contributed by atoms with Gasteiger partial charge in [0.1, 0.15) is 16.0 Å². The van der Waals surface area contributed by atoms with Crippen molar-refractivity contribution in [2.24, 2.45) is 5.10 Å². The maximum Gasteiger partial charge on any atom is 0.353 e. The van der Waals surface area contributed by atoms with Crippen LogP contribution in [-0.4, -0.2) is 28.0 Å². The molecule has 3 rings (SSSR count). The van der Waals surface area contributed by atoms with Gasteiger partial charge in [0.2, 0.25) is 11.8 Å². The van der Waals surface area contributed by atoms with Gasteiger partial charge in [0.15, 0.2) is 5.17 Å². The van der Waals surface area contributed by atoms with E-state index in [1.165, 1.54) is 42.0 Å². The molecule has 2 amide bonds. The lowest BCUT2D eigenvalue weighted by Gasteiger charge is -2.20. The Morgan fingerprint density at radius 1 is 1.26 bits per heavy atom. The lowest BCUT2D eigenvalue weighted by atomic mass is 10.2. The summed E-state index contributed by atoms with van der Waals surface area (Å²) in [5.74, 6) is -0.576. The molecule has 0 saturated carbocycles. The number of halogens is 1. The van der Waals surface area contributed by atoms with Gasteiger partial charge in [-0.25, -0.2) is 9.80 Å². The second-order valence-corrected chi connectivity index (χ2v) is 8.35. The molecular weight excluding hydrogens is 454 g/mol. The standard InChI is InChI=1S/C17H14BrN3O4S2/c1-9(22)19-17-20-21(10(2)23)15(27-17)11-5-6-13(12(18)8-11)25-16(24)14-4-3-7-26-14/h3-8,15H,1-2H3,(H,19,20,22)/t15-/m0/s1. The summed E-state index contributed by atoms with van der Waals surface area (Å²) >= 11 is 5.96. The summed E-state index contributed by atoms with van der Waals surface area (Å²) in [5, 5.41) is 9.77. The molecule has 1 atom stereocenters. The molecular formula is C17H14BrN3O4S2. The third-order valence-corrected chi connectivity index (χ3v) is 5.99. The zero-order valence-electron chi connectivity index (χ0n) is 14.3. The van der Waals surface area contributed by atoms with Crippen LogP contribution in [-0.2, 0) is 9.59 Å². The molecule has 1 aromatic carbocycles. The Balaban J connectivity index is 1.79. The number of amides is 2. The van der Waals surface area contributed by atoms with Gasteiger partial charge in [-0.2, -0.15) is 0 Å². The molecule has 0 aliphatic carbocycles. The summed E-state index contributed by atoms with van der Waals surface area (Å²) in [6, 6.07) is 8.63. The molecule has 1 aromatic heterocycles. The molecule has 0 radical (unpaired) electrons. The van der Waals surface area contributed by atoms with Gasteiger partial charge in [0, 0.05) is 13.8 Å². The summed E-state index contributed by atoms with van der Waals surface area (Å²) in [4.78, 5) is 35.8. The number of nitrogens with zero attached hydrogens (tertiary/aromatic N) is 2. The number of ether oxygens (including phenoxy) is 1. The zero-order valence-corrected chi connectivity index (χ0v) is 17.5. The van der Waals surface area contributed by atoms with Crippen molar-refractivity contribution < 1.29 is 19.1 Å². The van der Waals surface area contributed by atoms with E-state index in [2.05, 4.69) is 26.3 Å². The van der Waals surface area contributed by atoms with E-state index in [0.717, 1.165) is 5.56 Å². The van der Waals surface area contributed by atoms with Crippen LogP contribution < -0.4 is 10.1 Å². The highest BCUT2D eigenvalue weighted by Crippen LogP contribution is 2.41. The molecule has 0 unspecified atom stereocenters. The van der Waals surface area contributed by atoms with Crippen molar-refractivity contribution in [1.82, 2.24) is 10.3 Å². The smallest absolute Gasteiger partial charge is 0.353 e. The Hall–Kier alpha value is -2.17. The average Bonchev–Trinajstić information content (AvgIpc) is 3.25. The van der Waals surface area contributed by atoms with Crippen LogP contribution in [0.2, 0.25) is 0 Å². The Morgan fingerprint density at radius 2 is 2.04 bits per heavy atom. The topological polar surface area (TPSA) is 88.1 Å². The number of carbonyl (C=O) groups is 3. The first-order valence-corrected chi connectivity index (χ1v) is 10.3. The SMILES string of the molecule is CC(=O)NC1=NN(C(C)=O)[C@H](c2ccc(OC(=O)c3cccs3)c(Br)c2)S1. The molecule has 0 bridgehead atoms. The summed E-state index contributed by atoms with van der Waals surface area (Å²) in [6.07, 6.45) is 0. The summed E-state index contributed by atoms with van der Waals surface area (Å²) in [6.45, 7) is 2.78. The van der Waals surface area contributed by atoms with Gasteiger partial charge in [-0.05, 0) is 45.1 Å². The van der Waals surface area contributed by atoms with Crippen molar-refractivity contribution in [3.63, 3.8) is 0 Å². The van der Waals surface area contributed by atoms with E-state index in [9.17, 15) is 14.4 Å². The predicted molar refractivity (Wildman–Crippen MR) is 108 cm³/mol. The quantitative estimate of drug-likeness (QED) is 0.548. The van der Waals surface area contributed by atoms with E-state index in [1.54, 1.807) is 35.7 Å². The molecule has 2 aromatic rings. The van der Waals surface area contributed by atoms with Crippen LogP contribution >= 0.6 is 39.0 Å². The van der Waals surface area contributed by atoms with Crippen molar-refractivity contribution >= 4 is 62.0 Å². The van der Waals surface area contributed by atoms with E-state index in [1.807, 2.05) is 0 Å². The lowest BCUT2D eigenvalue weighted by molar-refractivity contribution is -0.129. The third kappa shape index (κ3) is 4.57. The fraction of sp³-hybridized carbons (Fsp3) is 0.176. The predicted octanol–water partition coefficient (Wildman–Crippen LogP) is 3.73. The Kier molecular flexibility index (Phi) is 5.98. The van der Waals surface area contributed by atoms with Gasteiger partial charge in [0.25, 0.3) is 0 Å². The largest absolute Gasteiger partial charge is 0.421 e. The number of nitrogens with one attached hydrogen (secondary N) is 1. The van der Waals surface area contributed by atoms with Gasteiger partial charge in [-0.3, -0.25) is 9.59 Å². The molecule has 2 heterocycles. The number of rotatable bonds is 3. The van der Waals surface area contributed by atoms with Gasteiger partial charge in [-0.15, -0.1) is 16.4 Å². The number of benzene rings is 1. The van der Waals surface area contributed by atoms with Crippen LogP contribution in [0.1, 0.15) is 34.5 Å². The number of carbonyl (C=O) groups excluding carboxylic acids is 3. The van der Waals surface area contributed by atoms with Crippen LogP contribution in [0, 0.1) is 0 Å². The highest BCUT2D eigenvalue weighted by Gasteiger charge is 2.32. The summed E-state index contributed by atoms with van der Waals surface area (Å²) < 4.78 is 5.98. The minimum Gasteiger partial charge on any atom is -0.421 e. The fourth-order valence-electron chi connectivity index (χ4n) is 2.28. The lowest BCUT2D eigenvalue weighted by Crippen LogP contribution is -2.25. The molecule has 1 aliphatic rings. The maximum atomic E-state index is 12.1. The van der Waals surface area contributed by atoms with Crippen molar-refractivity contribution in [2.45, 2.75) is 19.2 Å². The minimum atomic E-state index is -0.435. The number of hydrogen-bond acceptors (Lipinski definition) is 7. The number of hydrogen-bond donors (Lipinski definition) is 1. The fourth-order valence-corrected chi connectivity index (χ4v) is 4.48. The summed E-state index contributed by atoms with van der Waals surface area (Å²) in [7, 11) is 0. The Labute approximate surface area is 171 Å². The van der Waals surface area contributed by atoms with Gasteiger partial charge in [0.05, 0.1) is 4.47 Å². The first-order valence-electron chi connectivity index (χ1n) is 7.73. The molecule has 7 nitrogen and oxygen atoms in total. The van der Waals surface area contributed by atoms with Crippen LogP contribution in [0.4, 0.5) is 0 Å². The Morgan fingerprint density at radius 3 is 2.63 bits per heavy atom. The van der Waals surface area contributed by atoms with E-state index >= 15 is 0 Å². The molecule has 0 spiro atoms. The summed E-state index contributed by atoms with van der Waals surface area (Å²) in [5.41, 5.74) is 0.766. The van der Waals surface area contributed by atoms with Crippen molar-refractivity contribution in [2.75, 3.05) is 0 Å². The first kappa shape index (κ1) is 19.6. The van der Waals surface area contributed by atoms with Crippen LogP contribution in [0.15, 0.2) is 45.3 Å². The second-order valence-electron chi connectivity index (χ2n) is 5.48. The van der Waals surface area contributed by atoms with Crippen LogP contribution in [0.5, 0.6) is 5.75 Å². The monoisotopic (exact) mass is 467 g/mol. The molecule has 140 valence electrons. The normalized spacial score (nSPS) is 16.0. The molecule has 27 heavy (non-hydrogen) atoms. The number of hydrazone groups is 1. The third-order valence-electron chi connectivity index (χ3n) is 3.42. The van der Waals surface area contributed by atoms with Crippen molar-refractivity contribution in [3.05, 3.63) is 50.6 Å². The molecule has 1 N–H and O–H groups in total. The van der Waals surface area contributed by atoms with Gasteiger partial charge >= 0.3 is 5.97 Å². The molecule has 1 aliphatic heterocycles. The molecule has 0 fully saturated rings. The second kappa shape index (κ2) is 8.24. The number of amidine groups is 1. The number of esters is 1. The minimum absolute atomic E-state index is 0.253. The van der Waals surface area contributed by atoms with Crippen molar-refractivity contribution in [3.8, 4) is 5.75 Å². The van der Waals surface area contributed by atoms with E-state index in [0.29, 0.717) is 20.3 Å². The Bertz CT molecular complexity index is 930. The van der Waals surface area contributed by atoms with Crippen LogP contribution in [0.3, 0.4) is 0 Å². The first-order chi connectivity index (χ1) is 12.8. The van der Waals surface area contributed by atoms with Gasteiger partial charge in [-0.1, -0.05) is 23.9 Å². The van der Waals surface area contributed by atoms with Gasteiger partial charge < -0.3 is 10.1 Å². The van der Waals surface area contributed by atoms with Crippen LogP contribution in [0.25, 0.3) is 0 Å². The maximum absolute atomic E-state index is 12.1. The number of thioether (sulfide) groups is 1. The van der Waals surface area contributed by atoms with E-state index < -0.39 is 11.3 Å². The highest BCUT2D eigenvalue weighted by molar-refractivity contribution is 9.10. The van der Waals surface area contributed by atoms with E-state index in [-0.39, 0.29) is 11.8 Å². The molecule has 0 saturated heterocycles. The average molecular weight is 468 g/mol. The van der Waals surface area contributed by atoms with Crippen molar-refractivity contribution in [1.29, 1.82) is 0 Å². The van der Waals surface area contributed by atoms with E-state index in [4.69, 9.17) is 4.74 Å². The molecule has 10 heteroatoms. The highest BCUT2D eigenvalue weighted by atomic mass is 79.9. The number of thiophene rings is 1. The zero-order chi connectivity index (χ0) is 19.6.